The lowest BCUT2D eigenvalue weighted by Gasteiger charge is -2.16. The average molecular weight is 335 g/mol. The third-order valence-corrected chi connectivity index (χ3v) is 2.58. The third kappa shape index (κ3) is 6.87. The largest absolute Gasteiger partial charge is 0.491 e. The van der Waals surface area contributed by atoms with Gasteiger partial charge < -0.3 is 26.2 Å². The topological polar surface area (TPSA) is 114 Å². The molecule has 3 amide bonds. The Bertz CT molecular complexity index is 552. The third-order valence-electron chi connectivity index (χ3n) is 2.58. The number of ether oxygens (including phenoxy) is 1. The standard InChI is InChI=1S/C13H16F3N3O4/c14-13(15,16)10(20)7-18-12(22)19-8-3-1-2-4-9(8)23-6-5-11(17)21/h1-4,10,20H,5-7H2,(H2,17,21)(H2,18,19,22)/t10-/m0/s1. The minimum absolute atomic E-state index is 0.0115. The van der Waals surface area contributed by atoms with Crippen molar-refractivity contribution in [3.05, 3.63) is 24.3 Å². The van der Waals surface area contributed by atoms with Crippen molar-refractivity contribution in [3.63, 3.8) is 0 Å². The molecule has 0 bridgehead atoms. The number of amides is 3. The smallest absolute Gasteiger partial charge is 0.416 e. The number of nitrogens with two attached hydrogens (primary N) is 1. The number of urea groups is 1. The number of aliphatic hydroxyl groups is 1. The molecule has 1 atom stereocenters. The summed E-state index contributed by atoms with van der Waals surface area (Å²) in [5.74, 6) is -0.338. The number of para-hydroxylation sites is 2. The van der Waals surface area contributed by atoms with Crippen molar-refractivity contribution in [1.82, 2.24) is 5.32 Å². The maximum atomic E-state index is 12.1. The van der Waals surface area contributed by atoms with Crippen molar-refractivity contribution in [1.29, 1.82) is 0 Å². The SMILES string of the molecule is NC(=O)CCOc1ccccc1NC(=O)NC[C@H](O)C(F)(F)F. The molecule has 0 heterocycles. The number of nitrogens with one attached hydrogen (secondary N) is 2. The molecule has 0 aliphatic rings. The molecule has 1 rings (SSSR count). The molecule has 0 saturated heterocycles. The van der Waals surface area contributed by atoms with Crippen molar-refractivity contribution in [2.75, 3.05) is 18.5 Å². The molecule has 0 unspecified atom stereocenters. The number of hydrogen-bond acceptors (Lipinski definition) is 4. The van der Waals surface area contributed by atoms with Gasteiger partial charge >= 0.3 is 12.2 Å². The van der Waals surface area contributed by atoms with Crippen molar-refractivity contribution in [2.45, 2.75) is 18.7 Å². The Hall–Kier alpha value is -2.49. The van der Waals surface area contributed by atoms with Crippen LogP contribution in [0, 0.1) is 0 Å². The van der Waals surface area contributed by atoms with E-state index in [2.05, 4.69) is 5.32 Å². The molecule has 0 aliphatic carbocycles. The normalized spacial score (nSPS) is 12.3. The van der Waals surface area contributed by atoms with E-state index < -0.39 is 30.8 Å². The summed E-state index contributed by atoms with van der Waals surface area (Å²) < 4.78 is 41.6. The van der Waals surface area contributed by atoms with Gasteiger partial charge in [-0.2, -0.15) is 13.2 Å². The van der Waals surface area contributed by atoms with Crippen LogP contribution >= 0.6 is 0 Å². The number of primary amides is 1. The summed E-state index contributed by atoms with van der Waals surface area (Å²) in [5.41, 5.74) is 5.15. The first-order chi connectivity index (χ1) is 10.7. The quantitative estimate of drug-likeness (QED) is 0.595. The zero-order valence-electron chi connectivity index (χ0n) is 11.9. The van der Waals surface area contributed by atoms with Gasteiger partial charge in [0.1, 0.15) is 5.75 Å². The summed E-state index contributed by atoms with van der Waals surface area (Å²) in [7, 11) is 0. The molecule has 1 aromatic rings. The highest BCUT2D eigenvalue weighted by Crippen LogP contribution is 2.24. The number of hydrogen-bond donors (Lipinski definition) is 4. The Morgan fingerprint density at radius 2 is 1.96 bits per heavy atom. The van der Waals surface area contributed by atoms with Gasteiger partial charge in [0.05, 0.1) is 25.3 Å². The van der Waals surface area contributed by atoms with Gasteiger partial charge in [0.15, 0.2) is 6.10 Å². The van der Waals surface area contributed by atoms with Gasteiger partial charge in [-0.05, 0) is 12.1 Å². The van der Waals surface area contributed by atoms with Crippen LogP contribution in [0.5, 0.6) is 5.75 Å². The maximum absolute atomic E-state index is 12.1. The fourth-order valence-electron chi connectivity index (χ4n) is 1.43. The van der Waals surface area contributed by atoms with E-state index >= 15 is 0 Å². The lowest BCUT2D eigenvalue weighted by atomic mass is 10.3. The zero-order chi connectivity index (χ0) is 17.5. The highest BCUT2D eigenvalue weighted by atomic mass is 19.4. The molecule has 0 saturated carbocycles. The predicted octanol–water partition coefficient (Wildman–Crippen LogP) is 0.985. The van der Waals surface area contributed by atoms with E-state index in [1.54, 1.807) is 12.1 Å². The van der Waals surface area contributed by atoms with E-state index in [1.165, 1.54) is 12.1 Å². The molecule has 23 heavy (non-hydrogen) atoms. The number of halogens is 3. The molecule has 128 valence electrons. The van der Waals surface area contributed by atoms with Gasteiger partial charge in [0, 0.05) is 0 Å². The van der Waals surface area contributed by atoms with Crippen LogP contribution in [-0.2, 0) is 4.79 Å². The molecule has 10 heteroatoms. The van der Waals surface area contributed by atoms with Crippen LogP contribution in [-0.4, -0.2) is 42.5 Å². The minimum atomic E-state index is -4.82. The molecule has 7 nitrogen and oxygen atoms in total. The van der Waals surface area contributed by atoms with Crippen LogP contribution in [0.4, 0.5) is 23.7 Å². The Morgan fingerprint density at radius 1 is 1.30 bits per heavy atom. The molecule has 0 spiro atoms. The van der Waals surface area contributed by atoms with Crippen molar-refractivity contribution < 1.29 is 32.6 Å². The first kappa shape index (κ1) is 18.6. The number of alkyl halides is 3. The van der Waals surface area contributed by atoms with Gasteiger partial charge in [-0.3, -0.25) is 4.79 Å². The number of rotatable bonds is 7. The fourth-order valence-corrected chi connectivity index (χ4v) is 1.43. The number of carbonyl (C=O) groups is 2. The predicted molar refractivity (Wildman–Crippen MR) is 74.8 cm³/mol. The Labute approximate surface area is 129 Å². The molecular formula is C13H16F3N3O4. The molecule has 5 N–H and O–H groups in total. The van der Waals surface area contributed by atoms with Gasteiger partial charge in [-0.1, -0.05) is 12.1 Å². The van der Waals surface area contributed by atoms with Crippen LogP contribution in [0.3, 0.4) is 0 Å². The number of carbonyl (C=O) groups excluding carboxylic acids is 2. The summed E-state index contributed by atoms with van der Waals surface area (Å²) in [6, 6.07) is 5.19. The van der Waals surface area contributed by atoms with Gasteiger partial charge in [-0.25, -0.2) is 4.79 Å². The number of benzene rings is 1. The average Bonchev–Trinajstić information content (AvgIpc) is 2.45. The van der Waals surface area contributed by atoms with Gasteiger partial charge in [0.2, 0.25) is 5.91 Å². The molecule has 0 radical (unpaired) electrons. The summed E-state index contributed by atoms with van der Waals surface area (Å²) in [5, 5.41) is 13.0. The second-order valence-electron chi connectivity index (χ2n) is 4.45. The molecule has 0 aromatic heterocycles. The molecule has 1 aromatic carbocycles. The first-order valence-corrected chi connectivity index (χ1v) is 6.50. The highest BCUT2D eigenvalue weighted by molar-refractivity contribution is 5.90. The lowest BCUT2D eigenvalue weighted by molar-refractivity contribution is -0.201. The maximum Gasteiger partial charge on any atom is 0.416 e. The molecule has 0 fully saturated rings. The molecular weight excluding hydrogens is 319 g/mol. The minimum Gasteiger partial charge on any atom is -0.491 e. The van der Waals surface area contributed by atoms with Crippen LogP contribution in [0.2, 0.25) is 0 Å². The summed E-state index contributed by atoms with van der Waals surface area (Å²) >= 11 is 0. The van der Waals surface area contributed by atoms with Crippen molar-refractivity contribution >= 4 is 17.6 Å². The van der Waals surface area contributed by atoms with Gasteiger partial charge in [0.25, 0.3) is 0 Å². The fraction of sp³-hybridized carbons (Fsp3) is 0.385. The van der Waals surface area contributed by atoms with E-state index in [0.717, 1.165) is 0 Å². The van der Waals surface area contributed by atoms with E-state index in [4.69, 9.17) is 15.6 Å². The van der Waals surface area contributed by atoms with E-state index in [1.807, 2.05) is 5.32 Å². The van der Waals surface area contributed by atoms with Crippen LogP contribution < -0.4 is 21.1 Å². The van der Waals surface area contributed by atoms with E-state index in [-0.39, 0.29) is 24.5 Å². The van der Waals surface area contributed by atoms with Crippen LogP contribution in [0.15, 0.2) is 24.3 Å². The molecule has 0 aliphatic heterocycles. The monoisotopic (exact) mass is 335 g/mol. The highest BCUT2D eigenvalue weighted by Gasteiger charge is 2.38. The van der Waals surface area contributed by atoms with Crippen LogP contribution in [0.1, 0.15) is 6.42 Å². The van der Waals surface area contributed by atoms with E-state index in [9.17, 15) is 22.8 Å². The second kappa shape index (κ2) is 8.22. The Kier molecular flexibility index (Phi) is 6.64. The summed E-state index contributed by atoms with van der Waals surface area (Å²) in [6.07, 6.45) is -7.50. The lowest BCUT2D eigenvalue weighted by Crippen LogP contribution is -2.42. The van der Waals surface area contributed by atoms with Gasteiger partial charge in [-0.15, -0.1) is 0 Å². The Morgan fingerprint density at radius 3 is 2.57 bits per heavy atom. The number of anilines is 1. The second-order valence-corrected chi connectivity index (χ2v) is 4.45. The van der Waals surface area contributed by atoms with Crippen LogP contribution in [0.25, 0.3) is 0 Å². The van der Waals surface area contributed by atoms with E-state index in [0.29, 0.717) is 0 Å². The summed E-state index contributed by atoms with van der Waals surface area (Å²) in [4.78, 5) is 22.2. The first-order valence-electron chi connectivity index (χ1n) is 6.50. The Balaban J connectivity index is 2.56. The van der Waals surface area contributed by atoms with Crippen molar-refractivity contribution in [2.24, 2.45) is 5.73 Å². The number of aliphatic hydroxyl groups excluding tert-OH is 1. The summed E-state index contributed by atoms with van der Waals surface area (Å²) in [6.45, 7) is -0.998. The van der Waals surface area contributed by atoms with Crippen molar-refractivity contribution in [3.8, 4) is 5.75 Å². The zero-order valence-corrected chi connectivity index (χ0v) is 11.9.